The smallest absolute Gasteiger partial charge is 0.269 e. The number of anilines is 1. The molecule has 1 heterocycles. The second-order valence-electron chi connectivity index (χ2n) is 5.40. The third kappa shape index (κ3) is 3.72. The molecule has 132 valence electrons. The summed E-state index contributed by atoms with van der Waals surface area (Å²) in [6.07, 6.45) is 0. The molecule has 0 radical (unpaired) electrons. The van der Waals surface area contributed by atoms with E-state index in [1.807, 2.05) is 6.07 Å². The lowest BCUT2D eigenvalue weighted by atomic mass is 10.3. The Labute approximate surface area is 153 Å². The fraction of sp³-hybridized carbons (Fsp3) is 0.118. The average molecular weight is 370 g/mol. The molecule has 1 aliphatic heterocycles. The zero-order valence-corrected chi connectivity index (χ0v) is 14.5. The molecule has 0 fully saturated rings. The van der Waals surface area contributed by atoms with E-state index in [0.29, 0.717) is 10.6 Å². The average Bonchev–Trinajstić information content (AvgIpc) is 2.92. The summed E-state index contributed by atoms with van der Waals surface area (Å²) < 4.78 is 0. The number of hydrogen-bond donors (Lipinski definition) is 1. The number of nitro groups is 1. The van der Waals surface area contributed by atoms with Gasteiger partial charge in [0, 0.05) is 24.0 Å². The van der Waals surface area contributed by atoms with Crippen molar-refractivity contribution in [2.24, 2.45) is 5.10 Å². The quantitative estimate of drug-likeness (QED) is 0.658. The van der Waals surface area contributed by atoms with Crippen LogP contribution in [0.15, 0.2) is 64.6 Å². The molecule has 0 aliphatic carbocycles. The van der Waals surface area contributed by atoms with E-state index in [4.69, 9.17) is 0 Å². The Hall–Kier alpha value is -3.20. The Bertz CT molecular complexity index is 883. The predicted octanol–water partition coefficient (Wildman–Crippen LogP) is 2.55. The van der Waals surface area contributed by atoms with E-state index < -0.39 is 10.2 Å². The Kier molecular flexibility index (Phi) is 4.99. The number of rotatable bonds is 4. The minimum absolute atomic E-state index is 0.0336. The van der Waals surface area contributed by atoms with Crippen LogP contribution < -0.4 is 10.3 Å². The Morgan fingerprint density at radius 1 is 1.19 bits per heavy atom. The molecular weight excluding hydrogens is 356 g/mol. The molecule has 1 aliphatic rings. The minimum atomic E-state index is -0.749. The summed E-state index contributed by atoms with van der Waals surface area (Å²) >= 11 is 1.17. The number of nitro benzene ring substituents is 1. The van der Waals surface area contributed by atoms with E-state index in [1.165, 1.54) is 35.8 Å². The van der Waals surface area contributed by atoms with Gasteiger partial charge < -0.3 is 5.32 Å². The number of thioether (sulfide) groups is 1. The molecular formula is C17H14N4O4S. The summed E-state index contributed by atoms with van der Waals surface area (Å²) in [6, 6.07) is 14.7. The van der Waals surface area contributed by atoms with Crippen molar-refractivity contribution < 1.29 is 14.5 Å². The van der Waals surface area contributed by atoms with Gasteiger partial charge in [0.25, 0.3) is 11.6 Å². The molecule has 1 N–H and O–H groups in total. The maximum Gasteiger partial charge on any atom is 0.269 e. The Balaban J connectivity index is 1.86. The number of carbonyl (C=O) groups excluding carboxylic acids is 2. The molecule has 26 heavy (non-hydrogen) atoms. The third-order valence-corrected chi connectivity index (χ3v) is 4.70. The molecule has 8 nitrogen and oxygen atoms in total. The molecule has 0 saturated carbocycles. The zero-order chi connectivity index (χ0) is 18.7. The number of nitrogens with zero attached hydrogens (tertiary/aromatic N) is 3. The lowest BCUT2D eigenvalue weighted by molar-refractivity contribution is -0.384. The van der Waals surface area contributed by atoms with Crippen molar-refractivity contribution in [3.63, 3.8) is 0 Å². The summed E-state index contributed by atoms with van der Waals surface area (Å²) in [5, 5.41) is 18.1. The van der Waals surface area contributed by atoms with Crippen LogP contribution in [0.25, 0.3) is 0 Å². The highest BCUT2D eigenvalue weighted by molar-refractivity contribution is 8.01. The van der Waals surface area contributed by atoms with Gasteiger partial charge in [0.15, 0.2) is 11.1 Å². The molecule has 0 spiro atoms. The van der Waals surface area contributed by atoms with E-state index in [1.54, 1.807) is 36.4 Å². The standard InChI is InChI=1S/C17H14N4O4S/c1-11(22)18-16-15(26-14-9-7-13(8-10-14)21(24)25)17(23)20(19-16)12-5-3-2-4-6-12/h2-10,15H,1H3,(H,18,19,22)/t15-/m0/s1. The lowest BCUT2D eigenvalue weighted by Crippen LogP contribution is -2.37. The first-order chi connectivity index (χ1) is 12.5. The molecule has 0 bridgehead atoms. The minimum Gasteiger partial charge on any atom is -0.312 e. The maximum atomic E-state index is 12.8. The molecule has 2 aromatic carbocycles. The van der Waals surface area contributed by atoms with Crippen LogP contribution in [-0.4, -0.2) is 27.8 Å². The highest BCUT2D eigenvalue weighted by Gasteiger charge is 2.38. The first kappa shape index (κ1) is 17.6. The van der Waals surface area contributed by atoms with Crippen LogP contribution in [0.2, 0.25) is 0 Å². The molecule has 9 heteroatoms. The first-order valence-corrected chi connectivity index (χ1v) is 8.50. The molecule has 3 rings (SSSR count). The molecule has 0 saturated heterocycles. The Morgan fingerprint density at radius 2 is 1.85 bits per heavy atom. The second kappa shape index (κ2) is 7.36. The van der Waals surface area contributed by atoms with Gasteiger partial charge in [-0.25, -0.2) is 0 Å². The van der Waals surface area contributed by atoms with Crippen molar-refractivity contribution in [1.82, 2.24) is 5.32 Å². The monoisotopic (exact) mass is 370 g/mol. The van der Waals surface area contributed by atoms with E-state index in [2.05, 4.69) is 10.4 Å². The fourth-order valence-electron chi connectivity index (χ4n) is 2.35. The maximum absolute atomic E-state index is 12.8. The van der Waals surface area contributed by atoms with Gasteiger partial charge in [0.05, 0.1) is 10.6 Å². The van der Waals surface area contributed by atoms with E-state index >= 15 is 0 Å². The number of nitrogens with one attached hydrogen (secondary N) is 1. The second-order valence-corrected chi connectivity index (χ2v) is 6.58. The van der Waals surface area contributed by atoms with Gasteiger partial charge in [-0.05, 0) is 24.3 Å². The summed E-state index contributed by atoms with van der Waals surface area (Å²) in [5.41, 5.74) is 0.556. The van der Waals surface area contributed by atoms with E-state index in [0.717, 1.165) is 0 Å². The number of amidine groups is 1. The summed E-state index contributed by atoms with van der Waals surface area (Å²) in [4.78, 5) is 35.2. The molecule has 2 aromatic rings. The van der Waals surface area contributed by atoms with Gasteiger partial charge in [0.2, 0.25) is 5.91 Å². The Morgan fingerprint density at radius 3 is 2.42 bits per heavy atom. The zero-order valence-electron chi connectivity index (χ0n) is 13.7. The highest BCUT2D eigenvalue weighted by Crippen LogP contribution is 2.32. The van der Waals surface area contributed by atoms with Crippen LogP contribution in [0.3, 0.4) is 0 Å². The summed E-state index contributed by atoms with van der Waals surface area (Å²) in [5.74, 6) is -0.404. The van der Waals surface area contributed by atoms with Gasteiger partial charge in [0.1, 0.15) is 0 Å². The van der Waals surface area contributed by atoms with Crippen LogP contribution in [0.4, 0.5) is 11.4 Å². The van der Waals surface area contributed by atoms with Crippen molar-refractivity contribution in [3.05, 3.63) is 64.7 Å². The van der Waals surface area contributed by atoms with Crippen molar-refractivity contribution in [2.75, 3.05) is 5.01 Å². The highest BCUT2D eigenvalue weighted by atomic mass is 32.2. The molecule has 1 atom stereocenters. The normalized spacial score (nSPS) is 16.3. The van der Waals surface area contributed by atoms with Gasteiger partial charge in [-0.15, -0.1) is 16.9 Å². The lowest BCUT2D eigenvalue weighted by Gasteiger charge is -2.14. The number of amides is 2. The number of non-ortho nitro benzene ring substituents is 1. The van der Waals surface area contributed by atoms with E-state index in [-0.39, 0.29) is 23.3 Å². The third-order valence-electron chi connectivity index (χ3n) is 3.50. The van der Waals surface area contributed by atoms with Crippen LogP contribution in [0, 0.1) is 10.1 Å². The number of hydrazone groups is 1. The van der Waals surface area contributed by atoms with Gasteiger partial charge >= 0.3 is 0 Å². The van der Waals surface area contributed by atoms with Crippen molar-refractivity contribution >= 4 is 40.8 Å². The van der Waals surface area contributed by atoms with Crippen LogP contribution in [0.1, 0.15) is 6.92 Å². The van der Waals surface area contributed by atoms with Crippen molar-refractivity contribution in [3.8, 4) is 0 Å². The number of hydrogen-bond acceptors (Lipinski definition) is 6. The fourth-order valence-corrected chi connectivity index (χ4v) is 3.34. The SMILES string of the molecule is CC(=O)NC1=NN(c2ccccc2)C(=O)[C@H]1Sc1ccc([N+](=O)[O-])cc1. The largest absolute Gasteiger partial charge is 0.312 e. The van der Waals surface area contributed by atoms with Gasteiger partial charge in [-0.3, -0.25) is 19.7 Å². The van der Waals surface area contributed by atoms with Crippen molar-refractivity contribution in [1.29, 1.82) is 0 Å². The summed E-state index contributed by atoms with van der Waals surface area (Å²) in [7, 11) is 0. The predicted molar refractivity (Wildman–Crippen MR) is 97.9 cm³/mol. The number of para-hydroxylation sites is 1. The van der Waals surface area contributed by atoms with Crippen molar-refractivity contribution in [2.45, 2.75) is 17.1 Å². The molecule has 2 amide bonds. The first-order valence-electron chi connectivity index (χ1n) is 7.62. The van der Waals surface area contributed by atoms with Crippen LogP contribution in [-0.2, 0) is 9.59 Å². The number of benzene rings is 2. The van der Waals surface area contributed by atoms with Gasteiger partial charge in [-0.2, -0.15) is 5.01 Å². The number of carbonyl (C=O) groups is 2. The molecule has 0 aromatic heterocycles. The summed E-state index contributed by atoms with van der Waals surface area (Å²) in [6.45, 7) is 1.34. The van der Waals surface area contributed by atoms with Crippen LogP contribution >= 0.6 is 11.8 Å². The van der Waals surface area contributed by atoms with E-state index in [9.17, 15) is 19.7 Å². The topological polar surface area (TPSA) is 105 Å². The molecule has 0 unspecified atom stereocenters. The van der Waals surface area contributed by atoms with Crippen LogP contribution in [0.5, 0.6) is 0 Å². The van der Waals surface area contributed by atoms with Gasteiger partial charge in [-0.1, -0.05) is 18.2 Å².